The normalized spacial score (nSPS) is 12.4. The molecule has 0 fully saturated rings. The van der Waals surface area contributed by atoms with E-state index in [-0.39, 0.29) is 6.04 Å². The van der Waals surface area contributed by atoms with Gasteiger partial charge in [0.05, 0.1) is 0 Å². The molecule has 18 heavy (non-hydrogen) atoms. The standard InChI is InChI=1S/C15H18N2S/c1-11-7-13(9-17-8-11)10-18-15-5-3-14(4-6-15)12(2)16/h3-9,12H,10,16H2,1-2H3. The molecular weight excluding hydrogens is 240 g/mol. The molecule has 0 aliphatic heterocycles. The third kappa shape index (κ3) is 3.59. The highest BCUT2D eigenvalue weighted by atomic mass is 32.2. The molecule has 2 aromatic rings. The van der Waals surface area contributed by atoms with Gasteiger partial charge in [0.2, 0.25) is 0 Å². The zero-order valence-corrected chi connectivity index (χ0v) is 11.6. The first-order valence-electron chi connectivity index (χ1n) is 6.04. The molecule has 0 aliphatic rings. The number of hydrogen-bond donors (Lipinski definition) is 1. The Morgan fingerprint density at radius 3 is 2.56 bits per heavy atom. The first-order chi connectivity index (χ1) is 8.65. The lowest BCUT2D eigenvalue weighted by atomic mass is 10.1. The number of nitrogens with two attached hydrogens (primary N) is 1. The second-order valence-corrected chi connectivity index (χ2v) is 5.57. The Morgan fingerprint density at radius 2 is 1.94 bits per heavy atom. The fraction of sp³-hybridized carbons (Fsp3) is 0.267. The summed E-state index contributed by atoms with van der Waals surface area (Å²) in [6.07, 6.45) is 3.81. The maximum Gasteiger partial charge on any atom is 0.0308 e. The van der Waals surface area contributed by atoms with E-state index < -0.39 is 0 Å². The van der Waals surface area contributed by atoms with Crippen LogP contribution in [0.2, 0.25) is 0 Å². The van der Waals surface area contributed by atoms with Crippen LogP contribution in [0.1, 0.15) is 29.7 Å². The molecule has 2 nitrogen and oxygen atoms in total. The molecule has 1 aromatic carbocycles. The lowest BCUT2D eigenvalue weighted by Gasteiger charge is -2.07. The summed E-state index contributed by atoms with van der Waals surface area (Å²) >= 11 is 1.82. The van der Waals surface area contributed by atoms with Gasteiger partial charge >= 0.3 is 0 Å². The molecule has 1 heterocycles. The fourth-order valence-corrected chi connectivity index (χ4v) is 2.55. The number of pyridine rings is 1. The van der Waals surface area contributed by atoms with Gasteiger partial charge in [-0.2, -0.15) is 0 Å². The molecule has 0 radical (unpaired) electrons. The third-order valence-electron chi connectivity index (χ3n) is 2.74. The van der Waals surface area contributed by atoms with E-state index in [1.54, 1.807) is 0 Å². The molecule has 0 amide bonds. The number of benzene rings is 1. The number of nitrogens with zero attached hydrogens (tertiary/aromatic N) is 1. The van der Waals surface area contributed by atoms with Gasteiger partial charge in [0.1, 0.15) is 0 Å². The predicted octanol–water partition coefficient (Wildman–Crippen LogP) is 3.70. The summed E-state index contributed by atoms with van der Waals surface area (Å²) in [5.74, 6) is 0.951. The summed E-state index contributed by atoms with van der Waals surface area (Å²) in [6, 6.07) is 10.7. The molecule has 1 atom stereocenters. The van der Waals surface area contributed by atoms with Gasteiger partial charge in [-0.1, -0.05) is 18.2 Å². The Kier molecular flexibility index (Phi) is 4.39. The van der Waals surface area contributed by atoms with Crippen LogP contribution in [0, 0.1) is 6.92 Å². The molecule has 0 spiro atoms. The molecule has 1 unspecified atom stereocenters. The molecule has 94 valence electrons. The van der Waals surface area contributed by atoms with E-state index in [4.69, 9.17) is 5.73 Å². The Hall–Kier alpha value is -1.32. The van der Waals surface area contributed by atoms with Gasteiger partial charge < -0.3 is 5.73 Å². The van der Waals surface area contributed by atoms with Crippen molar-refractivity contribution in [2.75, 3.05) is 0 Å². The molecule has 0 saturated heterocycles. The topological polar surface area (TPSA) is 38.9 Å². The van der Waals surface area contributed by atoms with Crippen LogP contribution in [0.5, 0.6) is 0 Å². The largest absolute Gasteiger partial charge is 0.324 e. The summed E-state index contributed by atoms with van der Waals surface area (Å²) in [5, 5.41) is 0. The Morgan fingerprint density at radius 1 is 1.22 bits per heavy atom. The summed E-state index contributed by atoms with van der Waals surface area (Å²) in [4.78, 5) is 5.47. The van der Waals surface area contributed by atoms with Gasteiger partial charge in [-0.15, -0.1) is 11.8 Å². The van der Waals surface area contributed by atoms with Gasteiger partial charge in [-0.3, -0.25) is 4.98 Å². The summed E-state index contributed by atoms with van der Waals surface area (Å²) in [6.45, 7) is 4.07. The van der Waals surface area contributed by atoms with Crippen LogP contribution in [-0.2, 0) is 5.75 Å². The average molecular weight is 258 g/mol. The third-order valence-corrected chi connectivity index (χ3v) is 3.83. The summed E-state index contributed by atoms with van der Waals surface area (Å²) in [7, 11) is 0. The first kappa shape index (κ1) is 13.1. The van der Waals surface area contributed by atoms with E-state index >= 15 is 0 Å². The minimum Gasteiger partial charge on any atom is -0.324 e. The zero-order chi connectivity index (χ0) is 13.0. The lowest BCUT2D eigenvalue weighted by Crippen LogP contribution is -2.04. The van der Waals surface area contributed by atoms with E-state index in [0.29, 0.717) is 0 Å². The smallest absolute Gasteiger partial charge is 0.0308 e. The van der Waals surface area contributed by atoms with Crippen molar-refractivity contribution in [1.82, 2.24) is 4.98 Å². The fourth-order valence-electron chi connectivity index (χ4n) is 1.73. The average Bonchev–Trinajstić information content (AvgIpc) is 2.37. The zero-order valence-electron chi connectivity index (χ0n) is 10.8. The minimum absolute atomic E-state index is 0.102. The highest BCUT2D eigenvalue weighted by Gasteiger charge is 2.00. The molecule has 3 heteroatoms. The molecule has 0 aliphatic carbocycles. The van der Waals surface area contributed by atoms with E-state index in [0.717, 1.165) is 5.75 Å². The first-order valence-corrected chi connectivity index (χ1v) is 7.02. The van der Waals surface area contributed by atoms with Crippen LogP contribution >= 0.6 is 11.8 Å². The highest BCUT2D eigenvalue weighted by molar-refractivity contribution is 7.98. The van der Waals surface area contributed by atoms with Gasteiger partial charge in [0.15, 0.2) is 0 Å². The Bertz CT molecular complexity index is 506. The molecule has 2 rings (SSSR count). The van der Waals surface area contributed by atoms with Gasteiger partial charge in [-0.05, 0) is 42.7 Å². The van der Waals surface area contributed by atoms with Crippen molar-refractivity contribution in [3.63, 3.8) is 0 Å². The van der Waals surface area contributed by atoms with Crippen LogP contribution in [0.15, 0.2) is 47.6 Å². The number of rotatable bonds is 4. The van der Waals surface area contributed by atoms with Crippen molar-refractivity contribution in [1.29, 1.82) is 0 Å². The molecule has 2 N–H and O–H groups in total. The summed E-state index contributed by atoms with van der Waals surface area (Å²) in [5.41, 5.74) is 9.48. The van der Waals surface area contributed by atoms with Crippen molar-refractivity contribution in [2.24, 2.45) is 5.73 Å². The van der Waals surface area contributed by atoms with Crippen molar-refractivity contribution < 1.29 is 0 Å². The van der Waals surface area contributed by atoms with Crippen LogP contribution in [0.3, 0.4) is 0 Å². The van der Waals surface area contributed by atoms with E-state index in [9.17, 15) is 0 Å². The molecule has 1 aromatic heterocycles. The minimum atomic E-state index is 0.102. The van der Waals surface area contributed by atoms with E-state index in [2.05, 4.69) is 42.2 Å². The number of hydrogen-bond acceptors (Lipinski definition) is 3. The molecule has 0 saturated carbocycles. The van der Waals surface area contributed by atoms with Gasteiger partial charge in [0.25, 0.3) is 0 Å². The van der Waals surface area contributed by atoms with Crippen molar-refractivity contribution >= 4 is 11.8 Å². The number of thioether (sulfide) groups is 1. The second-order valence-electron chi connectivity index (χ2n) is 4.52. The highest BCUT2D eigenvalue weighted by Crippen LogP contribution is 2.24. The van der Waals surface area contributed by atoms with Crippen LogP contribution < -0.4 is 5.73 Å². The van der Waals surface area contributed by atoms with Crippen LogP contribution in [0.25, 0.3) is 0 Å². The SMILES string of the molecule is Cc1cncc(CSc2ccc(C(C)N)cc2)c1. The Balaban J connectivity index is 1.98. The van der Waals surface area contributed by atoms with Crippen molar-refractivity contribution in [2.45, 2.75) is 30.5 Å². The van der Waals surface area contributed by atoms with Crippen molar-refractivity contribution in [3.05, 3.63) is 59.4 Å². The summed E-state index contributed by atoms with van der Waals surface area (Å²) < 4.78 is 0. The number of aryl methyl sites for hydroxylation is 1. The Labute approximate surface area is 113 Å². The molecule has 0 bridgehead atoms. The number of aromatic nitrogens is 1. The lowest BCUT2D eigenvalue weighted by molar-refractivity contribution is 0.817. The monoisotopic (exact) mass is 258 g/mol. The molecular formula is C15H18N2S. The van der Waals surface area contributed by atoms with Crippen molar-refractivity contribution in [3.8, 4) is 0 Å². The van der Waals surface area contributed by atoms with E-state index in [1.807, 2.05) is 31.1 Å². The quantitative estimate of drug-likeness (QED) is 0.850. The maximum absolute atomic E-state index is 5.83. The second kappa shape index (κ2) is 6.03. The van der Waals surface area contributed by atoms with E-state index in [1.165, 1.54) is 21.6 Å². The van der Waals surface area contributed by atoms with Crippen LogP contribution in [0.4, 0.5) is 0 Å². The van der Waals surface area contributed by atoms with Crippen LogP contribution in [-0.4, -0.2) is 4.98 Å². The van der Waals surface area contributed by atoms with Gasteiger partial charge in [-0.25, -0.2) is 0 Å². The maximum atomic E-state index is 5.83. The predicted molar refractivity (Wildman–Crippen MR) is 77.6 cm³/mol. The van der Waals surface area contributed by atoms with Gasteiger partial charge in [0, 0.05) is 29.1 Å².